The van der Waals surface area contributed by atoms with Crippen LogP contribution in [0.3, 0.4) is 0 Å². The van der Waals surface area contributed by atoms with Gasteiger partial charge in [0.15, 0.2) is 8.32 Å². The molecule has 3 nitrogen and oxygen atoms in total. The Morgan fingerprint density at radius 1 is 1.39 bits per heavy atom. The van der Waals surface area contributed by atoms with Gasteiger partial charge < -0.3 is 14.3 Å². The summed E-state index contributed by atoms with van der Waals surface area (Å²) >= 11 is 0. The van der Waals surface area contributed by atoms with Crippen molar-refractivity contribution in [2.75, 3.05) is 13.2 Å². The number of hydrogen-bond donors (Lipinski definition) is 1. The van der Waals surface area contributed by atoms with E-state index >= 15 is 0 Å². The quantitative estimate of drug-likeness (QED) is 0.474. The molecule has 0 aromatic carbocycles. The van der Waals surface area contributed by atoms with Crippen molar-refractivity contribution in [1.82, 2.24) is 0 Å². The van der Waals surface area contributed by atoms with Gasteiger partial charge in [0, 0.05) is 0 Å². The van der Waals surface area contributed by atoms with Gasteiger partial charge in [0.1, 0.15) is 12.2 Å². The normalized spacial score (nSPS) is 23.8. The topological polar surface area (TPSA) is 42.0 Å². The molecule has 1 rings (SSSR count). The Morgan fingerprint density at radius 2 is 2.00 bits per heavy atom. The third-order valence-corrected chi connectivity index (χ3v) is 9.05. The molecule has 1 heterocycles. The van der Waals surface area contributed by atoms with Crippen molar-refractivity contribution in [3.8, 4) is 11.8 Å². The van der Waals surface area contributed by atoms with Gasteiger partial charge in [-0.1, -0.05) is 39.5 Å². The van der Waals surface area contributed by atoms with Crippen molar-refractivity contribution in [3.63, 3.8) is 0 Å². The van der Waals surface area contributed by atoms with E-state index < -0.39 is 8.32 Å². The summed E-state index contributed by atoms with van der Waals surface area (Å²) in [5, 5.41) is 9.03. The van der Waals surface area contributed by atoms with Gasteiger partial charge in [-0.3, -0.25) is 0 Å². The van der Waals surface area contributed by atoms with Gasteiger partial charge in [-0.15, -0.1) is 0 Å². The first-order valence-electron chi connectivity index (χ1n) is 6.61. The zero-order valence-electron chi connectivity index (χ0n) is 12.4. The van der Waals surface area contributed by atoms with Crippen molar-refractivity contribution in [2.45, 2.75) is 58.0 Å². The molecule has 4 heteroatoms. The molecule has 0 saturated carbocycles. The Morgan fingerprint density at radius 3 is 2.44 bits per heavy atom. The molecule has 0 aromatic rings. The fraction of sp³-hybridized carbons (Fsp3) is 0.857. The van der Waals surface area contributed by atoms with E-state index in [2.05, 4.69) is 52.6 Å². The van der Waals surface area contributed by atoms with Crippen LogP contribution in [-0.4, -0.2) is 38.8 Å². The Labute approximate surface area is 112 Å². The van der Waals surface area contributed by atoms with E-state index in [0.717, 1.165) is 0 Å². The monoisotopic (exact) mass is 270 g/mol. The number of epoxide rings is 1. The van der Waals surface area contributed by atoms with Crippen molar-refractivity contribution in [1.29, 1.82) is 0 Å². The molecule has 0 bridgehead atoms. The fourth-order valence-electron chi connectivity index (χ4n) is 1.65. The second-order valence-corrected chi connectivity index (χ2v) is 10.9. The summed E-state index contributed by atoms with van der Waals surface area (Å²) < 4.78 is 11.2. The van der Waals surface area contributed by atoms with Crippen molar-refractivity contribution in [3.05, 3.63) is 0 Å². The molecule has 104 valence electrons. The predicted octanol–water partition coefficient (Wildman–Crippen LogP) is 2.41. The van der Waals surface area contributed by atoms with Crippen LogP contribution in [0.15, 0.2) is 0 Å². The molecule has 1 aliphatic rings. The van der Waals surface area contributed by atoms with Gasteiger partial charge in [-0.25, -0.2) is 0 Å². The lowest BCUT2D eigenvalue weighted by molar-refractivity contribution is 0.243. The summed E-state index contributed by atoms with van der Waals surface area (Å²) in [6, 6.07) is 0. The van der Waals surface area contributed by atoms with Gasteiger partial charge in [-0.2, -0.15) is 0 Å². The molecule has 0 radical (unpaired) electrons. The maximum atomic E-state index is 8.81. The highest BCUT2D eigenvalue weighted by Crippen LogP contribution is 2.44. The Bertz CT molecular complexity index is 339. The summed E-state index contributed by atoms with van der Waals surface area (Å²) in [6.45, 7) is 14.1. The highest BCUT2D eigenvalue weighted by Gasteiger charge is 2.43. The maximum Gasteiger partial charge on any atom is 0.193 e. The van der Waals surface area contributed by atoms with Crippen LogP contribution in [0, 0.1) is 17.8 Å². The van der Waals surface area contributed by atoms with Crippen LogP contribution < -0.4 is 0 Å². The summed E-state index contributed by atoms with van der Waals surface area (Å²) in [4.78, 5) is 0. The maximum absolute atomic E-state index is 8.81. The molecule has 0 aliphatic carbocycles. The standard InChI is InChI=1S/C14H26O3Si/c1-11(2)14(3,4)18(5,6)16-9-7-8-12-13(10-15)17-12/h11-13,15H,9-10H2,1-6H3/t12-,13-/m1/s1. The van der Waals surface area contributed by atoms with Crippen molar-refractivity contribution < 1.29 is 14.3 Å². The van der Waals surface area contributed by atoms with Crippen LogP contribution in [0.5, 0.6) is 0 Å². The molecule has 0 spiro atoms. The number of aliphatic hydroxyl groups excluding tert-OH is 1. The highest BCUT2D eigenvalue weighted by atomic mass is 28.4. The first kappa shape index (κ1) is 15.7. The lowest BCUT2D eigenvalue weighted by atomic mass is 9.99. The van der Waals surface area contributed by atoms with E-state index in [4.69, 9.17) is 14.3 Å². The van der Waals surface area contributed by atoms with Gasteiger partial charge in [0.05, 0.1) is 13.2 Å². The van der Waals surface area contributed by atoms with Crippen LogP contribution >= 0.6 is 0 Å². The van der Waals surface area contributed by atoms with Crippen LogP contribution in [0.4, 0.5) is 0 Å². The Hall–Kier alpha value is -0.343. The predicted molar refractivity (Wildman–Crippen MR) is 75.8 cm³/mol. The minimum Gasteiger partial charge on any atom is -0.406 e. The van der Waals surface area contributed by atoms with Gasteiger partial charge in [-0.05, 0) is 24.1 Å². The first-order chi connectivity index (χ1) is 8.22. The zero-order chi connectivity index (χ0) is 14.0. The number of aliphatic hydroxyl groups is 1. The van der Waals surface area contributed by atoms with Crippen molar-refractivity contribution in [2.24, 2.45) is 5.92 Å². The molecule has 18 heavy (non-hydrogen) atoms. The van der Waals surface area contributed by atoms with E-state index in [9.17, 15) is 0 Å². The van der Waals surface area contributed by atoms with Gasteiger partial charge >= 0.3 is 0 Å². The zero-order valence-corrected chi connectivity index (χ0v) is 13.4. The van der Waals surface area contributed by atoms with E-state index in [1.165, 1.54) is 0 Å². The average molecular weight is 270 g/mol. The van der Waals surface area contributed by atoms with Crippen LogP contribution in [-0.2, 0) is 9.16 Å². The summed E-state index contributed by atoms with van der Waals surface area (Å²) in [7, 11) is -1.76. The lowest BCUT2D eigenvalue weighted by Gasteiger charge is -2.42. The molecule has 1 aliphatic heterocycles. The Balaban J connectivity index is 2.42. The second kappa shape index (κ2) is 5.75. The Kier molecular flexibility index (Phi) is 5.02. The summed E-state index contributed by atoms with van der Waals surface area (Å²) in [5.74, 6) is 6.58. The molecule has 0 unspecified atom stereocenters. The molecule has 1 fully saturated rings. The lowest BCUT2D eigenvalue weighted by Crippen LogP contribution is -2.45. The second-order valence-electron chi connectivity index (χ2n) is 6.27. The molecular weight excluding hydrogens is 244 g/mol. The number of ether oxygens (including phenoxy) is 1. The molecule has 0 aromatic heterocycles. The van der Waals surface area contributed by atoms with Crippen LogP contribution in [0.2, 0.25) is 18.1 Å². The first-order valence-corrected chi connectivity index (χ1v) is 9.52. The third kappa shape index (κ3) is 3.58. The number of rotatable bonds is 5. The van der Waals surface area contributed by atoms with Crippen molar-refractivity contribution >= 4 is 8.32 Å². The minimum atomic E-state index is -1.76. The molecular formula is C14H26O3Si. The van der Waals surface area contributed by atoms with E-state index in [1.54, 1.807) is 0 Å². The van der Waals surface area contributed by atoms with Gasteiger partial charge in [0.25, 0.3) is 0 Å². The average Bonchev–Trinajstić information content (AvgIpc) is 3.02. The van der Waals surface area contributed by atoms with Crippen LogP contribution in [0.25, 0.3) is 0 Å². The summed E-state index contributed by atoms with van der Waals surface area (Å²) in [5.41, 5.74) is 0. The smallest absolute Gasteiger partial charge is 0.193 e. The highest BCUT2D eigenvalue weighted by molar-refractivity contribution is 6.74. The molecule has 0 amide bonds. The fourth-order valence-corrected chi connectivity index (χ4v) is 3.84. The molecule has 2 atom stereocenters. The third-order valence-electron chi connectivity index (χ3n) is 4.51. The molecule has 1 N–H and O–H groups in total. The van der Waals surface area contributed by atoms with E-state index in [1.807, 2.05) is 0 Å². The molecule has 1 saturated heterocycles. The minimum absolute atomic E-state index is 0.0564. The SMILES string of the molecule is CC(C)C(C)(C)[Si](C)(C)OCC#C[C@H]1O[C@@H]1CO. The van der Waals surface area contributed by atoms with Gasteiger partial charge in [0.2, 0.25) is 0 Å². The van der Waals surface area contributed by atoms with E-state index in [0.29, 0.717) is 12.5 Å². The largest absolute Gasteiger partial charge is 0.406 e. The van der Waals surface area contributed by atoms with Crippen LogP contribution in [0.1, 0.15) is 27.7 Å². The van der Waals surface area contributed by atoms with E-state index in [-0.39, 0.29) is 23.9 Å². The number of hydrogen-bond acceptors (Lipinski definition) is 3. The summed E-state index contributed by atoms with van der Waals surface area (Å²) in [6.07, 6.45) is -0.156.